The molecule has 0 bridgehead atoms. The summed E-state index contributed by atoms with van der Waals surface area (Å²) in [6, 6.07) is 10.5. The normalized spacial score (nSPS) is 11.1. The van der Waals surface area contributed by atoms with Crippen LogP contribution in [-0.4, -0.2) is 0 Å². The van der Waals surface area contributed by atoms with Gasteiger partial charge in [0.25, 0.3) is 6.43 Å². The zero-order valence-electron chi connectivity index (χ0n) is 7.18. The molecule has 14 heavy (non-hydrogen) atoms. The maximum atomic E-state index is 12.6. The van der Waals surface area contributed by atoms with Crippen LogP contribution in [0.5, 0.6) is 0 Å². The zero-order chi connectivity index (χ0) is 10.1. The van der Waals surface area contributed by atoms with E-state index in [0.717, 1.165) is 8.96 Å². The number of hydrogen-bond acceptors (Lipinski definition) is 0. The van der Waals surface area contributed by atoms with E-state index in [1.54, 1.807) is 18.2 Å². The molecule has 2 aromatic rings. The van der Waals surface area contributed by atoms with E-state index in [1.165, 1.54) is 6.07 Å². The summed E-state index contributed by atoms with van der Waals surface area (Å²) >= 11 is 2.15. The molecule has 3 heteroatoms. The van der Waals surface area contributed by atoms with Crippen LogP contribution in [-0.2, 0) is 0 Å². The van der Waals surface area contributed by atoms with E-state index >= 15 is 0 Å². The van der Waals surface area contributed by atoms with Gasteiger partial charge in [-0.2, -0.15) is 0 Å². The minimum atomic E-state index is -2.41. The first-order chi connectivity index (χ1) is 6.70. The van der Waals surface area contributed by atoms with E-state index in [4.69, 9.17) is 0 Å². The van der Waals surface area contributed by atoms with E-state index in [-0.39, 0.29) is 5.56 Å². The predicted molar refractivity (Wildman–Crippen MR) is 61.6 cm³/mol. The molecule has 0 fully saturated rings. The van der Waals surface area contributed by atoms with Crippen molar-refractivity contribution in [1.29, 1.82) is 0 Å². The van der Waals surface area contributed by atoms with E-state index in [1.807, 2.05) is 12.1 Å². The van der Waals surface area contributed by atoms with Crippen molar-refractivity contribution in [3.8, 4) is 0 Å². The van der Waals surface area contributed by atoms with Crippen molar-refractivity contribution in [2.24, 2.45) is 0 Å². The van der Waals surface area contributed by atoms with Gasteiger partial charge in [0, 0.05) is 9.13 Å². The Morgan fingerprint density at radius 1 is 0.929 bits per heavy atom. The minimum Gasteiger partial charge on any atom is -0.205 e. The number of fused-ring (bicyclic) bond motifs is 1. The van der Waals surface area contributed by atoms with Gasteiger partial charge in [-0.05, 0) is 39.4 Å². The van der Waals surface area contributed by atoms with Crippen LogP contribution in [0.1, 0.15) is 12.0 Å². The first-order valence-corrected chi connectivity index (χ1v) is 5.23. The van der Waals surface area contributed by atoms with Crippen molar-refractivity contribution in [3.05, 3.63) is 45.5 Å². The van der Waals surface area contributed by atoms with Crippen LogP contribution in [0.4, 0.5) is 8.78 Å². The van der Waals surface area contributed by atoms with Crippen molar-refractivity contribution >= 4 is 33.4 Å². The number of alkyl halides is 2. The molecule has 0 aliphatic carbocycles. The third kappa shape index (κ3) is 1.61. The van der Waals surface area contributed by atoms with Crippen molar-refractivity contribution in [1.82, 2.24) is 0 Å². The average Bonchev–Trinajstić information content (AvgIpc) is 2.18. The Morgan fingerprint density at radius 2 is 1.57 bits per heavy atom. The second-order valence-corrected chi connectivity index (χ2v) is 4.15. The monoisotopic (exact) mass is 304 g/mol. The van der Waals surface area contributed by atoms with E-state index in [2.05, 4.69) is 22.6 Å². The summed E-state index contributed by atoms with van der Waals surface area (Å²) in [7, 11) is 0. The molecule has 0 aromatic heterocycles. The van der Waals surface area contributed by atoms with Crippen molar-refractivity contribution in [3.63, 3.8) is 0 Å². The van der Waals surface area contributed by atoms with Gasteiger partial charge in [0.05, 0.1) is 0 Å². The molecule has 2 rings (SSSR count). The van der Waals surface area contributed by atoms with Gasteiger partial charge in [0.15, 0.2) is 0 Å². The Morgan fingerprint density at radius 3 is 2.21 bits per heavy atom. The number of rotatable bonds is 1. The van der Waals surface area contributed by atoms with Gasteiger partial charge in [0.1, 0.15) is 0 Å². The number of hydrogen-bond donors (Lipinski definition) is 0. The smallest absolute Gasteiger partial charge is 0.205 e. The highest BCUT2D eigenvalue weighted by atomic mass is 127. The molecule has 0 nitrogen and oxygen atoms in total. The standard InChI is InChI=1S/C11H7F2I/c12-11(13)9-5-6-10(14)8-4-2-1-3-7(8)9/h1-6,11H. The van der Waals surface area contributed by atoms with Crippen LogP contribution in [0.25, 0.3) is 10.8 Å². The lowest BCUT2D eigenvalue weighted by Crippen LogP contribution is -1.88. The van der Waals surface area contributed by atoms with Crippen LogP contribution in [0, 0.1) is 3.57 Å². The molecule has 0 heterocycles. The lowest BCUT2D eigenvalue weighted by Gasteiger charge is -2.06. The SMILES string of the molecule is FC(F)c1ccc(I)c2ccccc12. The molecule has 0 N–H and O–H groups in total. The maximum Gasteiger partial charge on any atom is 0.264 e. The van der Waals surface area contributed by atoms with Crippen LogP contribution in [0.3, 0.4) is 0 Å². The second-order valence-electron chi connectivity index (χ2n) is 2.98. The van der Waals surface area contributed by atoms with E-state index < -0.39 is 6.43 Å². The Hall–Kier alpha value is -0.710. The highest BCUT2D eigenvalue weighted by molar-refractivity contribution is 14.1. The highest BCUT2D eigenvalue weighted by Gasteiger charge is 2.11. The molecule has 0 radical (unpaired) electrons. The molecule has 0 amide bonds. The van der Waals surface area contributed by atoms with Crippen molar-refractivity contribution < 1.29 is 8.78 Å². The molecule has 72 valence electrons. The summed E-state index contributed by atoms with van der Waals surface area (Å²) in [5.41, 5.74) is 0.112. The summed E-state index contributed by atoms with van der Waals surface area (Å²) in [4.78, 5) is 0. The van der Waals surface area contributed by atoms with Gasteiger partial charge in [-0.25, -0.2) is 8.78 Å². The summed E-state index contributed by atoms with van der Waals surface area (Å²) in [6.07, 6.45) is -2.41. The Labute approximate surface area is 94.1 Å². The fraction of sp³-hybridized carbons (Fsp3) is 0.0909. The predicted octanol–water partition coefficient (Wildman–Crippen LogP) is 4.38. The summed E-state index contributed by atoms with van der Waals surface area (Å²) in [5.74, 6) is 0. The fourth-order valence-electron chi connectivity index (χ4n) is 1.48. The van der Waals surface area contributed by atoms with Gasteiger partial charge in [-0.1, -0.05) is 30.3 Å². The maximum absolute atomic E-state index is 12.6. The lowest BCUT2D eigenvalue weighted by atomic mass is 10.1. The average molecular weight is 304 g/mol. The topological polar surface area (TPSA) is 0 Å². The molecular formula is C11H7F2I. The Bertz CT molecular complexity index is 466. The van der Waals surface area contributed by atoms with Crippen LogP contribution in [0.15, 0.2) is 36.4 Å². The molecule has 0 saturated carbocycles. The largest absolute Gasteiger partial charge is 0.264 e. The zero-order valence-corrected chi connectivity index (χ0v) is 9.33. The van der Waals surface area contributed by atoms with Gasteiger partial charge < -0.3 is 0 Å². The van der Waals surface area contributed by atoms with Gasteiger partial charge in [0.2, 0.25) is 0 Å². The Balaban J connectivity index is 2.82. The van der Waals surface area contributed by atoms with Gasteiger partial charge in [-0.3, -0.25) is 0 Å². The molecule has 0 spiro atoms. The molecule has 0 saturated heterocycles. The van der Waals surface area contributed by atoms with Crippen molar-refractivity contribution in [2.75, 3.05) is 0 Å². The third-order valence-corrected chi connectivity index (χ3v) is 3.08. The van der Waals surface area contributed by atoms with E-state index in [0.29, 0.717) is 5.39 Å². The van der Waals surface area contributed by atoms with Crippen LogP contribution >= 0.6 is 22.6 Å². The van der Waals surface area contributed by atoms with Crippen LogP contribution in [0.2, 0.25) is 0 Å². The molecule has 2 aromatic carbocycles. The van der Waals surface area contributed by atoms with Gasteiger partial charge in [-0.15, -0.1) is 0 Å². The summed E-state index contributed by atoms with van der Waals surface area (Å²) in [6.45, 7) is 0. The molecule has 0 atom stereocenters. The quantitative estimate of drug-likeness (QED) is 0.686. The first kappa shape index (κ1) is 9.83. The summed E-state index contributed by atoms with van der Waals surface area (Å²) < 4.78 is 26.3. The molecule has 0 aliphatic rings. The number of benzene rings is 2. The fourth-order valence-corrected chi connectivity index (χ4v) is 2.13. The van der Waals surface area contributed by atoms with Gasteiger partial charge >= 0.3 is 0 Å². The van der Waals surface area contributed by atoms with Crippen molar-refractivity contribution in [2.45, 2.75) is 6.43 Å². The second kappa shape index (κ2) is 3.81. The molecule has 0 unspecified atom stereocenters. The first-order valence-electron chi connectivity index (χ1n) is 4.15. The molecule has 0 aliphatic heterocycles. The minimum absolute atomic E-state index is 0.112. The highest BCUT2D eigenvalue weighted by Crippen LogP contribution is 2.30. The van der Waals surface area contributed by atoms with Crippen LogP contribution < -0.4 is 0 Å². The third-order valence-electron chi connectivity index (χ3n) is 2.14. The van der Waals surface area contributed by atoms with E-state index in [9.17, 15) is 8.78 Å². The molecular weight excluding hydrogens is 297 g/mol. The number of halogens is 3. The lowest BCUT2D eigenvalue weighted by molar-refractivity contribution is 0.153. The summed E-state index contributed by atoms with van der Waals surface area (Å²) in [5, 5.41) is 1.54. The Kier molecular flexibility index (Phi) is 2.67.